The van der Waals surface area contributed by atoms with Crippen molar-refractivity contribution in [3.63, 3.8) is 0 Å². The smallest absolute Gasteiger partial charge is 0.226 e. The average molecular weight is 433 g/mol. The van der Waals surface area contributed by atoms with Gasteiger partial charge in [-0.05, 0) is 30.2 Å². The van der Waals surface area contributed by atoms with E-state index in [9.17, 15) is 9.59 Å². The van der Waals surface area contributed by atoms with Crippen molar-refractivity contribution in [3.8, 4) is 5.75 Å². The van der Waals surface area contributed by atoms with Crippen LogP contribution in [0.15, 0.2) is 60.9 Å². The van der Waals surface area contributed by atoms with Gasteiger partial charge in [0, 0.05) is 39.0 Å². The van der Waals surface area contributed by atoms with Crippen LogP contribution in [0.2, 0.25) is 0 Å². The lowest BCUT2D eigenvalue weighted by Crippen LogP contribution is -2.37. The molecule has 166 valence electrons. The van der Waals surface area contributed by atoms with Crippen molar-refractivity contribution in [1.82, 2.24) is 19.8 Å². The molecule has 2 aromatic carbocycles. The number of rotatable bonds is 7. The second-order valence-corrected chi connectivity index (χ2v) is 8.27. The molecule has 1 saturated heterocycles. The van der Waals surface area contributed by atoms with E-state index in [1.54, 1.807) is 18.2 Å². The predicted octanol–water partition coefficient (Wildman–Crippen LogP) is 2.99. The van der Waals surface area contributed by atoms with Crippen molar-refractivity contribution in [2.24, 2.45) is 13.0 Å². The molecule has 2 atom stereocenters. The number of ether oxygens (including phenoxy) is 1. The first-order chi connectivity index (χ1) is 15.4. The molecule has 0 bridgehead atoms. The summed E-state index contributed by atoms with van der Waals surface area (Å²) in [5.74, 6) is 0.933. The van der Waals surface area contributed by atoms with Gasteiger partial charge >= 0.3 is 0 Å². The molecular weight excluding hydrogens is 404 g/mol. The van der Waals surface area contributed by atoms with Crippen LogP contribution in [-0.4, -0.2) is 39.9 Å². The molecule has 1 aliphatic heterocycles. The van der Waals surface area contributed by atoms with Crippen molar-refractivity contribution in [2.45, 2.75) is 25.9 Å². The van der Waals surface area contributed by atoms with Crippen LogP contribution in [0, 0.1) is 12.8 Å². The monoisotopic (exact) mass is 432 g/mol. The molecule has 0 unspecified atom stereocenters. The molecule has 1 fully saturated rings. The molecule has 0 saturated carbocycles. The van der Waals surface area contributed by atoms with E-state index >= 15 is 0 Å². The highest BCUT2D eigenvalue weighted by atomic mass is 16.5. The number of benzene rings is 2. The van der Waals surface area contributed by atoms with Gasteiger partial charge in [0.25, 0.3) is 0 Å². The minimum atomic E-state index is -0.422. The van der Waals surface area contributed by atoms with Gasteiger partial charge in [-0.15, -0.1) is 0 Å². The Kier molecular flexibility index (Phi) is 6.25. The zero-order chi connectivity index (χ0) is 22.7. The number of nitrogens with zero attached hydrogens (tertiary/aromatic N) is 3. The summed E-state index contributed by atoms with van der Waals surface area (Å²) in [6, 6.07) is 15.3. The molecule has 2 heterocycles. The summed E-state index contributed by atoms with van der Waals surface area (Å²) >= 11 is 0. The van der Waals surface area contributed by atoms with Crippen molar-refractivity contribution < 1.29 is 14.3 Å². The number of imidazole rings is 1. The summed E-state index contributed by atoms with van der Waals surface area (Å²) in [7, 11) is 3.51. The minimum absolute atomic E-state index is 0.00344. The largest absolute Gasteiger partial charge is 0.497 e. The van der Waals surface area contributed by atoms with E-state index in [2.05, 4.69) is 10.3 Å². The van der Waals surface area contributed by atoms with Crippen LogP contribution < -0.4 is 10.1 Å². The first kappa shape index (κ1) is 21.6. The fourth-order valence-electron chi connectivity index (χ4n) is 4.02. The highest BCUT2D eigenvalue weighted by molar-refractivity contribution is 5.89. The molecule has 0 spiro atoms. The van der Waals surface area contributed by atoms with Gasteiger partial charge in [0.2, 0.25) is 11.8 Å². The average Bonchev–Trinajstić information content (AvgIpc) is 3.39. The molecule has 1 aliphatic rings. The molecule has 32 heavy (non-hydrogen) atoms. The van der Waals surface area contributed by atoms with Gasteiger partial charge in [-0.3, -0.25) is 9.59 Å². The third-order valence-corrected chi connectivity index (χ3v) is 5.93. The van der Waals surface area contributed by atoms with Gasteiger partial charge in [0.1, 0.15) is 17.6 Å². The maximum Gasteiger partial charge on any atom is 0.226 e. The van der Waals surface area contributed by atoms with E-state index in [0.29, 0.717) is 13.1 Å². The van der Waals surface area contributed by atoms with Crippen molar-refractivity contribution >= 4 is 11.8 Å². The van der Waals surface area contributed by atoms with Crippen molar-refractivity contribution in [2.75, 3.05) is 13.7 Å². The number of methoxy groups -OCH3 is 1. The Bertz CT molecular complexity index is 1090. The number of carbonyl (C=O) groups excluding carboxylic acids is 2. The Hall–Kier alpha value is -3.61. The molecule has 3 aromatic rings. The number of nitrogens with one attached hydrogen (secondary N) is 1. The molecule has 4 rings (SSSR count). The van der Waals surface area contributed by atoms with Crippen LogP contribution in [0.25, 0.3) is 0 Å². The molecule has 7 nitrogen and oxygen atoms in total. The summed E-state index contributed by atoms with van der Waals surface area (Å²) in [6.45, 7) is 2.96. The van der Waals surface area contributed by atoms with Gasteiger partial charge < -0.3 is 19.5 Å². The van der Waals surface area contributed by atoms with Crippen molar-refractivity contribution in [1.29, 1.82) is 0 Å². The van der Waals surface area contributed by atoms with Crippen LogP contribution >= 0.6 is 0 Å². The topological polar surface area (TPSA) is 76.5 Å². The van der Waals surface area contributed by atoms with E-state index < -0.39 is 12.0 Å². The minimum Gasteiger partial charge on any atom is -0.497 e. The Labute approximate surface area is 188 Å². The quantitative estimate of drug-likeness (QED) is 0.623. The van der Waals surface area contributed by atoms with Gasteiger partial charge in [0.05, 0.1) is 13.0 Å². The van der Waals surface area contributed by atoms with E-state index in [1.165, 1.54) is 5.56 Å². The number of hydrogen-bond acceptors (Lipinski definition) is 4. The second-order valence-electron chi connectivity index (χ2n) is 8.27. The highest BCUT2D eigenvalue weighted by Crippen LogP contribution is 2.26. The zero-order valence-corrected chi connectivity index (χ0v) is 18.6. The zero-order valence-electron chi connectivity index (χ0n) is 18.6. The van der Waals surface area contributed by atoms with Gasteiger partial charge in [-0.25, -0.2) is 4.98 Å². The molecular formula is C25H28N4O3. The van der Waals surface area contributed by atoms with Crippen molar-refractivity contribution in [3.05, 3.63) is 83.4 Å². The van der Waals surface area contributed by atoms with Crippen LogP contribution in [0.3, 0.4) is 0 Å². The standard InChI is InChI=1S/C25H28N4O3/c1-17-4-6-18(7-5-17)15-29-16-20(14-22(29)30)25(31)27-23(24-26-12-13-28(24)2)19-8-10-21(32-3)11-9-19/h4-13,20,23H,14-16H2,1-3H3,(H,27,31)/t20-,23+/m1/s1. The number of aromatic nitrogens is 2. The fraction of sp³-hybridized carbons (Fsp3) is 0.320. The summed E-state index contributed by atoms with van der Waals surface area (Å²) in [5, 5.41) is 3.13. The number of likely N-dealkylation sites (tertiary alicyclic amines) is 1. The summed E-state index contributed by atoms with van der Waals surface area (Å²) in [5.41, 5.74) is 3.14. The Balaban J connectivity index is 1.48. The SMILES string of the molecule is COc1ccc([C@H](NC(=O)[C@@H]2CC(=O)N(Cc3ccc(C)cc3)C2)c2nccn2C)cc1. The van der Waals surface area contributed by atoms with Gasteiger partial charge in [0.15, 0.2) is 0 Å². The first-order valence-corrected chi connectivity index (χ1v) is 10.7. The van der Waals surface area contributed by atoms with E-state index in [-0.39, 0.29) is 18.2 Å². The fourth-order valence-corrected chi connectivity index (χ4v) is 4.02. The predicted molar refractivity (Wildman–Crippen MR) is 121 cm³/mol. The summed E-state index contributed by atoms with van der Waals surface area (Å²) < 4.78 is 7.14. The molecule has 1 aromatic heterocycles. The number of aryl methyl sites for hydroxylation is 2. The lowest BCUT2D eigenvalue weighted by molar-refractivity contribution is -0.129. The maximum absolute atomic E-state index is 13.2. The number of amides is 2. The Morgan fingerprint density at radius 3 is 2.53 bits per heavy atom. The van der Waals surface area contributed by atoms with E-state index in [0.717, 1.165) is 22.7 Å². The highest BCUT2D eigenvalue weighted by Gasteiger charge is 2.35. The van der Waals surface area contributed by atoms with Crippen LogP contribution in [0.5, 0.6) is 5.75 Å². The molecule has 0 aliphatic carbocycles. The van der Waals surface area contributed by atoms with E-state index in [1.807, 2.05) is 73.3 Å². The van der Waals surface area contributed by atoms with E-state index in [4.69, 9.17) is 4.74 Å². The molecule has 1 N–H and O–H groups in total. The lowest BCUT2D eigenvalue weighted by atomic mass is 10.0. The second kappa shape index (κ2) is 9.26. The Morgan fingerprint density at radius 1 is 1.19 bits per heavy atom. The molecule has 0 radical (unpaired) electrons. The van der Waals surface area contributed by atoms with Gasteiger partial charge in [-0.1, -0.05) is 42.0 Å². The lowest BCUT2D eigenvalue weighted by Gasteiger charge is -2.22. The maximum atomic E-state index is 13.2. The van der Waals surface area contributed by atoms with Crippen LogP contribution in [0.1, 0.15) is 35.0 Å². The van der Waals surface area contributed by atoms with Crippen LogP contribution in [0.4, 0.5) is 0 Å². The molecule has 7 heteroatoms. The Morgan fingerprint density at radius 2 is 1.91 bits per heavy atom. The number of carbonyl (C=O) groups is 2. The number of hydrogen-bond donors (Lipinski definition) is 1. The summed E-state index contributed by atoms with van der Waals surface area (Å²) in [6.07, 6.45) is 3.77. The first-order valence-electron chi connectivity index (χ1n) is 10.7. The summed E-state index contributed by atoms with van der Waals surface area (Å²) in [4.78, 5) is 32.0. The third-order valence-electron chi connectivity index (χ3n) is 5.93. The normalized spacial score (nSPS) is 16.8. The van der Waals surface area contributed by atoms with Gasteiger partial charge in [-0.2, -0.15) is 0 Å². The third kappa shape index (κ3) is 4.66. The van der Waals surface area contributed by atoms with Crippen LogP contribution in [-0.2, 0) is 23.2 Å². The molecule has 2 amide bonds.